The first kappa shape index (κ1) is 18.9. The summed E-state index contributed by atoms with van der Waals surface area (Å²) in [6.07, 6.45) is 1.61. The molecule has 2 rings (SSSR count). The van der Waals surface area contributed by atoms with E-state index in [4.69, 9.17) is 0 Å². The average Bonchev–Trinajstić information content (AvgIpc) is 2.76. The average molecular weight is 335 g/mol. The van der Waals surface area contributed by atoms with Crippen LogP contribution in [0.4, 0.5) is 10.1 Å². The quantitative estimate of drug-likeness (QED) is 0.867. The standard InChI is InChI=1S/C19H30FN3O/c1-14-6-7-16(12-17(14)20)21-18(24)9-10-22(4)13-15-8-11-23(5)19(15,2)3/h6-7,12,15H,8-11,13H2,1-5H3,(H,21,24)/t15-/m0/s1. The number of carbonyl (C=O) groups is 1. The molecule has 1 amide bonds. The first-order valence-electron chi connectivity index (χ1n) is 8.66. The number of nitrogens with zero attached hydrogens (tertiary/aromatic N) is 2. The van der Waals surface area contributed by atoms with Crippen LogP contribution >= 0.6 is 0 Å². The Labute approximate surface area is 145 Å². The van der Waals surface area contributed by atoms with E-state index in [-0.39, 0.29) is 17.3 Å². The molecule has 5 heteroatoms. The second-order valence-electron chi connectivity index (χ2n) is 7.59. The van der Waals surface area contributed by atoms with E-state index >= 15 is 0 Å². The number of anilines is 1. The molecular weight excluding hydrogens is 305 g/mol. The predicted molar refractivity (Wildman–Crippen MR) is 96.7 cm³/mol. The molecule has 0 bridgehead atoms. The van der Waals surface area contributed by atoms with Gasteiger partial charge in [0.25, 0.3) is 0 Å². The summed E-state index contributed by atoms with van der Waals surface area (Å²) in [4.78, 5) is 16.7. The summed E-state index contributed by atoms with van der Waals surface area (Å²) in [5.41, 5.74) is 1.30. The Morgan fingerprint density at radius 2 is 2.17 bits per heavy atom. The maximum Gasteiger partial charge on any atom is 0.225 e. The summed E-state index contributed by atoms with van der Waals surface area (Å²) in [5, 5.41) is 2.77. The number of benzene rings is 1. The molecule has 1 saturated heterocycles. The van der Waals surface area contributed by atoms with Crippen molar-refractivity contribution >= 4 is 11.6 Å². The molecule has 0 unspecified atom stereocenters. The fraction of sp³-hybridized carbons (Fsp3) is 0.632. The molecule has 1 N–H and O–H groups in total. The first-order chi connectivity index (χ1) is 11.2. The van der Waals surface area contributed by atoms with E-state index in [0.29, 0.717) is 30.1 Å². The summed E-state index contributed by atoms with van der Waals surface area (Å²) in [7, 11) is 4.24. The van der Waals surface area contributed by atoms with Crippen LogP contribution in [0.3, 0.4) is 0 Å². The zero-order chi connectivity index (χ0) is 17.9. The Kier molecular flexibility index (Phi) is 5.99. The highest BCUT2D eigenvalue weighted by atomic mass is 19.1. The number of rotatable bonds is 6. The lowest BCUT2D eigenvalue weighted by molar-refractivity contribution is -0.116. The van der Waals surface area contributed by atoms with Crippen molar-refractivity contribution < 1.29 is 9.18 Å². The monoisotopic (exact) mass is 335 g/mol. The van der Waals surface area contributed by atoms with Crippen LogP contribution in [-0.2, 0) is 4.79 Å². The van der Waals surface area contributed by atoms with Gasteiger partial charge in [0, 0.05) is 30.7 Å². The van der Waals surface area contributed by atoms with Gasteiger partial charge in [0.2, 0.25) is 5.91 Å². The molecule has 0 saturated carbocycles. The van der Waals surface area contributed by atoms with Gasteiger partial charge in [-0.15, -0.1) is 0 Å². The Hall–Kier alpha value is -1.46. The molecule has 1 aliphatic rings. The normalized spacial score (nSPS) is 20.5. The highest BCUT2D eigenvalue weighted by Gasteiger charge is 2.39. The fourth-order valence-corrected chi connectivity index (χ4v) is 3.27. The lowest BCUT2D eigenvalue weighted by atomic mass is 9.88. The molecule has 1 aliphatic heterocycles. The van der Waals surface area contributed by atoms with E-state index < -0.39 is 0 Å². The minimum Gasteiger partial charge on any atom is -0.326 e. The zero-order valence-electron chi connectivity index (χ0n) is 15.5. The second-order valence-corrected chi connectivity index (χ2v) is 7.59. The van der Waals surface area contributed by atoms with E-state index in [1.807, 2.05) is 0 Å². The summed E-state index contributed by atoms with van der Waals surface area (Å²) in [6, 6.07) is 4.78. The molecule has 1 fully saturated rings. The number of aryl methyl sites for hydroxylation is 1. The Balaban J connectivity index is 1.78. The van der Waals surface area contributed by atoms with Crippen molar-refractivity contribution in [2.24, 2.45) is 5.92 Å². The van der Waals surface area contributed by atoms with Gasteiger partial charge >= 0.3 is 0 Å². The van der Waals surface area contributed by atoms with Crippen molar-refractivity contribution in [2.75, 3.05) is 39.0 Å². The molecular formula is C19H30FN3O. The minimum absolute atomic E-state index is 0.0760. The predicted octanol–water partition coefficient (Wildman–Crippen LogP) is 3.12. The maximum atomic E-state index is 13.5. The maximum absolute atomic E-state index is 13.5. The van der Waals surface area contributed by atoms with Gasteiger partial charge in [-0.3, -0.25) is 4.79 Å². The molecule has 1 aromatic carbocycles. The van der Waals surface area contributed by atoms with Crippen LogP contribution in [0.5, 0.6) is 0 Å². The van der Waals surface area contributed by atoms with Gasteiger partial charge in [0.15, 0.2) is 0 Å². The number of hydrogen-bond acceptors (Lipinski definition) is 3. The lowest BCUT2D eigenvalue weighted by Gasteiger charge is -2.35. The van der Waals surface area contributed by atoms with Crippen LogP contribution in [0.1, 0.15) is 32.3 Å². The van der Waals surface area contributed by atoms with E-state index in [2.05, 4.69) is 43.1 Å². The number of carbonyl (C=O) groups excluding carboxylic acids is 1. The van der Waals surface area contributed by atoms with Gasteiger partial charge in [-0.2, -0.15) is 0 Å². The van der Waals surface area contributed by atoms with Crippen LogP contribution in [0.2, 0.25) is 0 Å². The van der Waals surface area contributed by atoms with E-state index in [1.165, 1.54) is 12.5 Å². The van der Waals surface area contributed by atoms with Crippen LogP contribution in [0, 0.1) is 18.7 Å². The van der Waals surface area contributed by atoms with Gasteiger partial charge in [-0.1, -0.05) is 6.07 Å². The molecule has 1 aromatic rings. The third-order valence-electron chi connectivity index (χ3n) is 5.50. The van der Waals surface area contributed by atoms with Crippen LogP contribution < -0.4 is 5.32 Å². The third kappa shape index (κ3) is 4.54. The fourth-order valence-electron chi connectivity index (χ4n) is 3.27. The molecule has 1 heterocycles. The van der Waals surface area contributed by atoms with Crippen molar-refractivity contribution in [3.05, 3.63) is 29.6 Å². The van der Waals surface area contributed by atoms with Gasteiger partial charge in [-0.25, -0.2) is 4.39 Å². The van der Waals surface area contributed by atoms with Gasteiger partial charge in [0.05, 0.1) is 0 Å². The Morgan fingerprint density at radius 3 is 2.75 bits per heavy atom. The van der Waals surface area contributed by atoms with Crippen LogP contribution in [-0.4, -0.2) is 55.0 Å². The summed E-state index contributed by atoms with van der Waals surface area (Å²) >= 11 is 0. The van der Waals surface area contributed by atoms with Crippen molar-refractivity contribution in [3.8, 4) is 0 Å². The molecule has 1 atom stereocenters. The Morgan fingerprint density at radius 1 is 1.46 bits per heavy atom. The molecule has 4 nitrogen and oxygen atoms in total. The van der Waals surface area contributed by atoms with Crippen LogP contribution in [0.25, 0.3) is 0 Å². The SMILES string of the molecule is Cc1ccc(NC(=O)CCN(C)C[C@@H]2CCN(C)C2(C)C)cc1F. The van der Waals surface area contributed by atoms with E-state index in [9.17, 15) is 9.18 Å². The van der Waals surface area contributed by atoms with Gasteiger partial charge in [-0.05, 0) is 71.4 Å². The van der Waals surface area contributed by atoms with Crippen molar-refractivity contribution in [1.29, 1.82) is 0 Å². The Bertz CT molecular complexity index is 588. The molecule has 0 aliphatic carbocycles. The number of nitrogens with one attached hydrogen (secondary N) is 1. The number of hydrogen-bond donors (Lipinski definition) is 1. The number of halogens is 1. The van der Waals surface area contributed by atoms with E-state index in [1.54, 1.807) is 19.1 Å². The smallest absolute Gasteiger partial charge is 0.225 e. The molecule has 0 aromatic heterocycles. The summed E-state index contributed by atoms with van der Waals surface area (Å²) in [5.74, 6) is 0.243. The molecule has 24 heavy (non-hydrogen) atoms. The number of likely N-dealkylation sites (tertiary alicyclic amines) is 1. The summed E-state index contributed by atoms with van der Waals surface area (Å²) in [6.45, 7) is 9.11. The van der Waals surface area contributed by atoms with Crippen molar-refractivity contribution in [1.82, 2.24) is 9.80 Å². The topological polar surface area (TPSA) is 35.6 Å². The lowest BCUT2D eigenvalue weighted by Crippen LogP contribution is -2.44. The largest absolute Gasteiger partial charge is 0.326 e. The van der Waals surface area contributed by atoms with Gasteiger partial charge in [0.1, 0.15) is 5.82 Å². The van der Waals surface area contributed by atoms with Crippen molar-refractivity contribution in [2.45, 2.75) is 39.2 Å². The highest BCUT2D eigenvalue weighted by molar-refractivity contribution is 5.90. The molecule has 0 radical (unpaired) electrons. The van der Waals surface area contributed by atoms with Crippen LogP contribution in [0.15, 0.2) is 18.2 Å². The second kappa shape index (κ2) is 7.62. The zero-order valence-corrected chi connectivity index (χ0v) is 15.5. The van der Waals surface area contributed by atoms with Gasteiger partial charge < -0.3 is 15.1 Å². The van der Waals surface area contributed by atoms with E-state index in [0.717, 1.165) is 13.1 Å². The molecule has 134 valence electrons. The minimum atomic E-state index is -0.294. The number of amides is 1. The molecule has 0 spiro atoms. The summed E-state index contributed by atoms with van der Waals surface area (Å²) < 4.78 is 13.5. The third-order valence-corrected chi connectivity index (χ3v) is 5.50. The highest BCUT2D eigenvalue weighted by Crippen LogP contribution is 2.33. The van der Waals surface area contributed by atoms with Crippen molar-refractivity contribution in [3.63, 3.8) is 0 Å². The first-order valence-corrected chi connectivity index (χ1v) is 8.66.